The second kappa shape index (κ2) is 6.75. The maximum absolute atomic E-state index is 12.8. The van der Waals surface area contributed by atoms with E-state index in [-0.39, 0.29) is 11.9 Å². The molecule has 2 aromatic rings. The predicted molar refractivity (Wildman–Crippen MR) is 85.3 cm³/mol. The molecule has 1 aromatic carbocycles. The van der Waals surface area contributed by atoms with Crippen LogP contribution in [0, 0.1) is 13.8 Å². The molecular formula is C17H23N3O2. The number of benzene rings is 1. The summed E-state index contributed by atoms with van der Waals surface area (Å²) in [5.41, 5.74) is 2.99. The maximum atomic E-state index is 12.8. The van der Waals surface area contributed by atoms with E-state index in [0.717, 1.165) is 11.3 Å². The SMILES string of the molecule is Cc1ccc(C(C(=O)N(C)Cc2cc(C)no2)N(C)C)cc1. The molecule has 0 radical (unpaired) electrons. The van der Waals surface area contributed by atoms with Gasteiger partial charge in [0.05, 0.1) is 12.2 Å². The van der Waals surface area contributed by atoms with Gasteiger partial charge in [0.2, 0.25) is 5.91 Å². The fraction of sp³-hybridized carbons (Fsp3) is 0.412. The molecule has 1 amide bonds. The molecule has 5 heteroatoms. The van der Waals surface area contributed by atoms with Gasteiger partial charge in [0.1, 0.15) is 6.04 Å². The second-order valence-electron chi connectivity index (χ2n) is 5.91. The van der Waals surface area contributed by atoms with Crippen LogP contribution in [0.25, 0.3) is 0 Å². The zero-order valence-corrected chi connectivity index (χ0v) is 13.8. The number of aromatic nitrogens is 1. The molecule has 0 aliphatic rings. The Morgan fingerprint density at radius 2 is 1.82 bits per heavy atom. The van der Waals surface area contributed by atoms with E-state index >= 15 is 0 Å². The molecule has 22 heavy (non-hydrogen) atoms. The Bertz CT molecular complexity index is 632. The first-order valence-corrected chi connectivity index (χ1v) is 7.28. The monoisotopic (exact) mass is 301 g/mol. The van der Waals surface area contributed by atoms with Crippen LogP contribution in [0.1, 0.15) is 28.6 Å². The summed E-state index contributed by atoms with van der Waals surface area (Å²) in [6.45, 7) is 4.31. The van der Waals surface area contributed by atoms with Gasteiger partial charge in [-0.2, -0.15) is 0 Å². The van der Waals surface area contributed by atoms with Gasteiger partial charge in [-0.1, -0.05) is 35.0 Å². The topological polar surface area (TPSA) is 49.6 Å². The number of carbonyl (C=O) groups is 1. The van der Waals surface area contributed by atoms with Gasteiger partial charge in [0.25, 0.3) is 0 Å². The maximum Gasteiger partial charge on any atom is 0.244 e. The average molecular weight is 301 g/mol. The number of rotatable bonds is 5. The number of aryl methyl sites for hydroxylation is 2. The molecule has 0 fully saturated rings. The fourth-order valence-electron chi connectivity index (χ4n) is 2.42. The molecule has 0 N–H and O–H groups in total. The third-order valence-corrected chi connectivity index (χ3v) is 3.59. The van der Waals surface area contributed by atoms with E-state index < -0.39 is 0 Å². The Labute approximate surface area is 131 Å². The Balaban J connectivity index is 2.17. The van der Waals surface area contributed by atoms with E-state index in [1.807, 2.05) is 63.2 Å². The van der Waals surface area contributed by atoms with Crippen molar-refractivity contribution in [1.29, 1.82) is 0 Å². The van der Waals surface area contributed by atoms with Gasteiger partial charge >= 0.3 is 0 Å². The van der Waals surface area contributed by atoms with Crippen molar-refractivity contribution < 1.29 is 9.32 Å². The first-order chi connectivity index (χ1) is 10.4. The van der Waals surface area contributed by atoms with Crippen LogP contribution < -0.4 is 0 Å². The van der Waals surface area contributed by atoms with E-state index in [2.05, 4.69) is 5.16 Å². The van der Waals surface area contributed by atoms with Crippen LogP contribution in [0.4, 0.5) is 0 Å². The first-order valence-electron chi connectivity index (χ1n) is 7.28. The van der Waals surface area contributed by atoms with Crippen molar-refractivity contribution in [1.82, 2.24) is 15.0 Å². The molecule has 118 valence electrons. The van der Waals surface area contributed by atoms with Crippen molar-refractivity contribution >= 4 is 5.91 Å². The molecule has 0 bridgehead atoms. The van der Waals surface area contributed by atoms with Gasteiger partial charge in [-0.3, -0.25) is 9.69 Å². The van der Waals surface area contributed by atoms with Crippen LogP contribution in [0.5, 0.6) is 0 Å². The Morgan fingerprint density at radius 1 is 1.18 bits per heavy atom. The summed E-state index contributed by atoms with van der Waals surface area (Å²) in [5, 5.41) is 3.85. The molecule has 0 aliphatic carbocycles. The van der Waals surface area contributed by atoms with Crippen LogP contribution >= 0.6 is 0 Å². The molecule has 0 spiro atoms. The molecule has 2 rings (SSSR count). The molecule has 0 aliphatic heterocycles. The zero-order valence-electron chi connectivity index (χ0n) is 13.8. The zero-order chi connectivity index (χ0) is 16.3. The molecule has 0 saturated heterocycles. The number of likely N-dealkylation sites (N-methyl/N-ethyl adjacent to an activating group) is 2. The summed E-state index contributed by atoms with van der Waals surface area (Å²) in [4.78, 5) is 16.4. The highest BCUT2D eigenvalue weighted by Gasteiger charge is 2.26. The van der Waals surface area contributed by atoms with E-state index in [9.17, 15) is 4.79 Å². The van der Waals surface area contributed by atoms with Crippen molar-refractivity contribution in [2.45, 2.75) is 26.4 Å². The largest absolute Gasteiger partial charge is 0.359 e. The quantitative estimate of drug-likeness (QED) is 0.851. The number of amides is 1. The van der Waals surface area contributed by atoms with Crippen LogP contribution in [0.2, 0.25) is 0 Å². The summed E-state index contributed by atoms with van der Waals surface area (Å²) < 4.78 is 5.19. The highest BCUT2D eigenvalue weighted by Crippen LogP contribution is 2.22. The number of hydrogen-bond donors (Lipinski definition) is 0. The molecule has 1 unspecified atom stereocenters. The van der Waals surface area contributed by atoms with Crippen LogP contribution in [0.15, 0.2) is 34.9 Å². The van der Waals surface area contributed by atoms with Gasteiger partial charge in [-0.05, 0) is 33.5 Å². The lowest BCUT2D eigenvalue weighted by atomic mass is 10.0. The van der Waals surface area contributed by atoms with Crippen LogP contribution in [-0.2, 0) is 11.3 Å². The fourth-order valence-corrected chi connectivity index (χ4v) is 2.42. The van der Waals surface area contributed by atoms with Crippen molar-refractivity contribution in [2.75, 3.05) is 21.1 Å². The van der Waals surface area contributed by atoms with Crippen molar-refractivity contribution in [2.24, 2.45) is 0 Å². The highest BCUT2D eigenvalue weighted by atomic mass is 16.5. The summed E-state index contributed by atoms with van der Waals surface area (Å²) in [7, 11) is 5.61. The summed E-state index contributed by atoms with van der Waals surface area (Å²) in [6.07, 6.45) is 0. The first kappa shape index (κ1) is 16.2. The second-order valence-corrected chi connectivity index (χ2v) is 5.91. The molecule has 1 atom stereocenters. The molecular weight excluding hydrogens is 278 g/mol. The Hall–Kier alpha value is -2.14. The van der Waals surface area contributed by atoms with E-state index in [1.165, 1.54) is 5.56 Å². The van der Waals surface area contributed by atoms with Crippen LogP contribution in [0.3, 0.4) is 0 Å². The van der Waals surface area contributed by atoms with E-state index in [4.69, 9.17) is 4.52 Å². The lowest BCUT2D eigenvalue weighted by Gasteiger charge is -2.28. The van der Waals surface area contributed by atoms with Crippen molar-refractivity contribution in [3.05, 3.63) is 52.9 Å². The average Bonchev–Trinajstić information content (AvgIpc) is 2.86. The smallest absolute Gasteiger partial charge is 0.244 e. The number of carbonyl (C=O) groups excluding carboxylic acids is 1. The highest BCUT2D eigenvalue weighted by molar-refractivity contribution is 5.83. The van der Waals surface area contributed by atoms with Gasteiger partial charge in [-0.15, -0.1) is 0 Å². The summed E-state index contributed by atoms with van der Waals surface area (Å²) >= 11 is 0. The standard InChI is InChI=1S/C17H23N3O2/c1-12-6-8-14(9-7-12)16(19(3)4)17(21)20(5)11-15-10-13(2)18-22-15/h6-10,16H,11H2,1-5H3. The molecule has 5 nitrogen and oxygen atoms in total. The molecule has 1 aromatic heterocycles. The Morgan fingerprint density at radius 3 is 2.32 bits per heavy atom. The van der Waals surface area contributed by atoms with Crippen LogP contribution in [-0.4, -0.2) is 42.0 Å². The third kappa shape index (κ3) is 3.74. The number of nitrogens with zero attached hydrogens (tertiary/aromatic N) is 3. The van der Waals surface area contributed by atoms with Gasteiger partial charge in [0.15, 0.2) is 5.76 Å². The van der Waals surface area contributed by atoms with E-state index in [1.54, 1.807) is 11.9 Å². The lowest BCUT2D eigenvalue weighted by Crippen LogP contribution is -2.38. The van der Waals surface area contributed by atoms with Gasteiger partial charge in [-0.25, -0.2) is 0 Å². The van der Waals surface area contributed by atoms with Gasteiger partial charge < -0.3 is 9.42 Å². The van der Waals surface area contributed by atoms with E-state index in [0.29, 0.717) is 12.3 Å². The summed E-state index contributed by atoms with van der Waals surface area (Å²) in [6, 6.07) is 9.60. The van der Waals surface area contributed by atoms with Crippen molar-refractivity contribution in [3.63, 3.8) is 0 Å². The van der Waals surface area contributed by atoms with Crippen molar-refractivity contribution in [3.8, 4) is 0 Å². The van der Waals surface area contributed by atoms with Gasteiger partial charge in [0, 0.05) is 13.1 Å². The number of hydrogen-bond acceptors (Lipinski definition) is 4. The third-order valence-electron chi connectivity index (χ3n) is 3.59. The minimum absolute atomic E-state index is 0.0305. The summed E-state index contributed by atoms with van der Waals surface area (Å²) in [5.74, 6) is 0.720. The predicted octanol–water partition coefficient (Wildman–Crippen LogP) is 2.55. The lowest BCUT2D eigenvalue weighted by molar-refractivity contribution is -0.135. The Kier molecular flexibility index (Phi) is 4.98. The minimum Gasteiger partial charge on any atom is -0.359 e. The normalized spacial score (nSPS) is 12.5. The molecule has 0 saturated carbocycles. The molecule has 1 heterocycles. The minimum atomic E-state index is -0.311.